The highest BCUT2D eigenvalue weighted by molar-refractivity contribution is 5.75. The molecular formula is C21H34N2O2. The Morgan fingerprint density at radius 3 is 2.68 bits per heavy atom. The summed E-state index contributed by atoms with van der Waals surface area (Å²) in [4.78, 5) is 14.0. The number of carbonyl (C=O) groups is 1. The molecule has 0 fully saturated rings. The zero-order chi connectivity index (χ0) is 18.1. The van der Waals surface area contributed by atoms with Crippen LogP contribution in [0.15, 0.2) is 18.2 Å². The summed E-state index contributed by atoms with van der Waals surface area (Å²) in [6.07, 6.45) is 6.38. The van der Waals surface area contributed by atoms with Crippen molar-refractivity contribution >= 4 is 5.91 Å². The van der Waals surface area contributed by atoms with Crippen LogP contribution in [-0.4, -0.2) is 43.1 Å². The highest BCUT2D eigenvalue weighted by Crippen LogP contribution is 2.31. The molecule has 0 saturated carbocycles. The van der Waals surface area contributed by atoms with Gasteiger partial charge in [-0.05, 0) is 62.4 Å². The normalized spacial score (nSPS) is 16.6. The zero-order valence-electron chi connectivity index (χ0n) is 16.1. The van der Waals surface area contributed by atoms with E-state index in [1.165, 1.54) is 43.5 Å². The number of rotatable bonds is 10. The van der Waals surface area contributed by atoms with Crippen LogP contribution in [0.3, 0.4) is 0 Å². The highest BCUT2D eigenvalue weighted by atomic mass is 16.5. The lowest BCUT2D eigenvalue weighted by molar-refractivity contribution is -0.120. The Balaban J connectivity index is 2.00. The number of carbonyl (C=O) groups excluding carboxylic acids is 1. The lowest BCUT2D eigenvalue weighted by atomic mass is 9.86. The molecular weight excluding hydrogens is 312 g/mol. The lowest BCUT2D eigenvalue weighted by Crippen LogP contribution is -2.40. The van der Waals surface area contributed by atoms with Gasteiger partial charge in [0, 0.05) is 12.5 Å². The second kappa shape index (κ2) is 10.4. The Morgan fingerprint density at radius 2 is 2.00 bits per heavy atom. The summed E-state index contributed by atoms with van der Waals surface area (Å²) in [5.41, 5.74) is 2.80. The lowest BCUT2D eigenvalue weighted by Gasteiger charge is -2.35. The fourth-order valence-electron chi connectivity index (χ4n) is 3.71. The fraction of sp³-hybridized carbons (Fsp3) is 0.667. The Morgan fingerprint density at radius 1 is 1.24 bits per heavy atom. The minimum atomic E-state index is 0.0773. The molecule has 1 aromatic rings. The van der Waals surface area contributed by atoms with Gasteiger partial charge in [0.1, 0.15) is 12.4 Å². The van der Waals surface area contributed by atoms with Crippen molar-refractivity contribution < 1.29 is 9.53 Å². The molecule has 140 valence electrons. The Labute approximate surface area is 152 Å². The van der Waals surface area contributed by atoms with Gasteiger partial charge in [-0.3, -0.25) is 4.79 Å². The number of nitrogens with one attached hydrogen (secondary N) is 1. The third kappa shape index (κ3) is 5.74. The van der Waals surface area contributed by atoms with Gasteiger partial charge in [0.05, 0.1) is 6.54 Å². The van der Waals surface area contributed by atoms with Crippen LogP contribution in [0.4, 0.5) is 0 Å². The van der Waals surface area contributed by atoms with Crippen molar-refractivity contribution in [3.63, 3.8) is 0 Å². The van der Waals surface area contributed by atoms with Crippen molar-refractivity contribution in [2.45, 2.75) is 65.3 Å². The van der Waals surface area contributed by atoms with Crippen LogP contribution in [0.1, 0.15) is 57.6 Å². The predicted octanol–water partition coefficient (Wildman–Crippen LogP) is 3.57. The van der Waals surface area contributed by atoms with Crippen molar-refractivity contribution in [1.82, 2.24) is 10.2 Å². The summed E-state index contributed by atoms with van der Waals surface area (Å²) in [7, 11) is 0. The smallest absolute Gasteiger partial charge is 0.219 e. The van der Waals surface area contributed by atoms with E-state index in [0.717, 1.165) is 18.6 Å². The summed E-state index contributed by atoms with van der Waals surface area (Å²) in [5.74, 6) is 1.08. The van der Waals surface area contributed by atoms with E-state index in [9.17, 15) is 4.79 Å². The first-order chi connectivity index (χ1) is 12.2. The number of benzene rings is 1. The minimum Gasteiger partial charge on any atom is -0.491 e. The molecule has 0 aromatic heterocycles. The molecule has 4 nitrogen and oxygen atoms in total. The van der Waals surface area contributed by atoms with Crippen LogP contribution in [0.5, 0.6) is 5.75 Å². The molecule has 0 aliphatic heterocycles. The van der Waals surface area contributed by atoms with Crippen LogP contribution in [0, 0.1) is 0 Å². The quantitative estimate of drug-likeness (QED) is 0.659. The number of aryl methyl sites for hydroxylation is 1. The van der Waals surface area contributed by atoms with Gasteiger partial charge >= 0.3 is 0 Å². The van der Waals surface area contributed by atoms with E-state index in [-0.39, 0.29) is 5.91 Å². The molecule has 0 saturated heterocycles. The van der Waals surface area contributed by atoms with Gasteiger partial charge in [0.15, 0.2) is 0 Å². The van der Waals surface area contributed by atoms with E-state index in [2.05, 4.69) is 42.3 Å². The average molecular weight is 347 g/mol. The molecule has 0 radical (unpaired) electrons. The molecule has 0 spiro atoms. The largest absolute Gasteiger partial charge is 0.491 e. The first-order valence-corrected chi connectivity index (χ1v) is 9.93. The third-order valence-electron chi connectivity index (χ3n) is 4.96. The van der Waals surface area contributed by atoms with E-state index in [1.807, 2.05) is 6.92 Å². The topological polar surface area (TPSA) is 41.6 Å². The SMILES string of the molecule is CCCN(CCC)C1CCc2cccc(OCCNC(=O)CC)c2C1. The average Bonchev–Trinajstić information content (AvgIpc) is 2.64. The zero-order valence-corrected chi connectivity index (χ0v) is 16.1. The fourth-order valence-corrected chi connectivity index (χ4v) is 3.71. The van der Waals surface area contributed by atoms with E-state index < -0.39 is 0 Å². The molecule has 1 aliphatic carbocycles. The number of fused-ring (bicyclic) bond motifs is 1. The van der Waals surface area contributed by atoms with Crippen LogP contribution >= 0.6 is 0 Å². The van der Waals surface area contributed by atoms with Crippen LogP contribution in [0.2, 0.25) is 0 Å². The molecule has 1 atom stereocenters. The standard InChI is InChI=1S/C21H34N2O2/c1-4-13-23(14-5-2)18-11-10-17-8-7-9-20(19(17)16-18)25-15-12-22-21(24)6-3/h7-9,18H,4-6,10-16H2,1-3H3,(H,22,24). The van der Waals surface area contributed by atoms with Gasteiger partial charge in [-0.25, -0.2) is 0 Å². The summed E-state index contributed by atoms with van der Waals surface area (Å²) in [6, 6.07) is 7.03. The van der Waals surface area contributed by atoms with Gasteiger partial charge in [-0.2, -0.15) is 0 Å². The van der Waals surface area contributed by atoms with Crippen LogP contribution in [0.25, 0.3) is 0 Å². The van der Waals surface area contributed by atoms with E-state index in [1.54, 1.807) is 0 Å². The van der Waals surface area contributed by atoms with Crippen molar-refractivity contribution in [3.05, 3.63) is 29.3 Å². The second-order valence-electron chi connectivity index (χ2n) is 6.88. The maximum Gasteiger partial charge on any atom is 0.219 e. The molecule has 1 N–H and O–H groups in total. The third-order valence-corrected chi connectivity index (χ3v) is 4.96. The van der Waals surface area contributed by atoms with Crippen molar-refractivity contribution in [2.75, 3.05) is 26.2 Å². The molecule has 1 aromatic carbocycles. The van der Waals surface area contributed by atoms with E-state index >= 15 is 0 Å². The van der Waals surface area contributed by atoms with E-state index in [0.29, 0.717) is 25.6 Å². The van der Waals surface area contributed by atoms with Crippen molar-refractivity contribution in [2.24, 2.45) is 0 Å². The molecule has 0 heterocycles. The summed E-state index contributed by atoms with van der Waals surface area (Å²) >= 11 is 0. The molecule has 1 amide bonds. The maximum atomic E-state index is 11.3. The first-order valence-electron chi connectivity index (χ1n) is 9.93. The van der Waals surface area contributed by atoms with Gasteiger partial charge in [-0.15, -0.1) is 0 Å². The number of amides is 1. The minimum absolute atomic E-state index is 0.0773. The number of hydrogen-bond acceptors (Lipinski definition) is 3. The summed E-state index contributed by atoms with van der Waals surface area (Å²) < 4.78 is 6.01. The van der Waals surface area contributed by atoms with Gasteiger partial charge in [0.25, 0.3) is 0 Å². The van der Waals surface area contributed by atoms with Gasteiger partial charge in [0.2, 0.25) is 5.91 Å². The molecule has 1 unspecified atom stereocenters. The second-order valence-corrected chi connectivity index (χ2v) is 6.88. The Bertz CT molecular complexity index is 539. The summed E-state index contributed by atoms with van der Waals surface area (Å²) in [5, 5.41) is 2.87. The molecule has 4 heteroatoms. The first kappa shape index (κ1) is 19.8. The molecule has 1 aliphatic rings. The van der Waals surface area contributed by atoms with Gasteiger partial charge in [-0.1, -0.05) is 32.9 Å². The van der Waals surface area contributed by atoms with Crippen LogP contribution in [-0.2, 0) is 17.6 Å². The number of hydrogen-bond donors (Lipinski definition) is 1. The van der Waals surface area contributed by atoms with Crippen molar-refractivity contribution in [3.8, 4) is 5.75 Å². The highest BCUT2D eigenvalue weighted by Gasteiger charge is 2.25. The van der Waals surface area contributed by atoms with Gasteiger partial charge < -0.3 is 15.0 Å². The molecule has 2 rings (SSSR count). The Hall–Kier alpha value is -1.55. The molecule has 0 bridgehead atoms. The maximum absolute atomic E-state index is 11.3. The predicted molar refractivity (Wildman–Crippen MR) is 103 cm³/mol. The molecule has 25 heavy (non-hydrogen) atoms. The Kier molecular flexibility index (Phi) is 8.26. The van der Waals surface area contributed by atoms with E-state index in [4.69, 9.17) is 4.74 Å². The summed E-state index contributed by atoms with van der Waals surface area (Å²) in [6.45, 7) is 9.84. The monoisotopic (exact) mass is 346 g/mol. The number of ether oxygens (including phenoxy) is 1. The van der Waals surface area contributed by atoms with Crippen molar-refractivity contribution in [1.29, 1.82) is 0 Å². The van der Waals surface area contributed by atoms with Crippen LogP contribution < -0.4 is 10.1 Å². The number of nitrogens with zero attached hydrogens (tertiary/aromatic N) is 1.